The van der Waals surface area contributed by atoms with Crippen LogP contribution >= 0.6 is 0 Å². The number of aromatic nitrogens is 2. The van der Waals surface area contributed by atoms with Gasteiger partial charge in [-0.05, 0) is 66.2 Å². The summed E-state index contributed by atoms with van der Waals surface area (Å²) in [6, 6.07) is 0.619. The van der Waals surface area contributed by atoms with Gasteiger partial charge in [0.1, 0.15) is 0 Å². The van der Waals surface area contributed by atoms with Crippen molar-refractivity contribution in [1.29, 1.82) is 0 Å². The Bertz CT molecular complexity index is 446. The van der Waals surface area contributed by atoms with Gasteiger partial charge in [0.15, 0.2) is 0 Å². The molecular formula is C17H31N3. The SMILES string of the molecule is Cc1nn(C2CCC(C)CC2)c(C)c1CNC(C)(C)C. The summed E-state index contributed by atoms with van der Waals surface area (Å²) in [4.78, 5) is 0. The summed E-state index contributed by atoms with van der Waals surface area (Å²) >= 11 is 0. The van der Waals surface area contributed by atoms with Crippen LogP contribution in [-0.2, 0) is 6.54 Å². The number of rotatable bonds is 3. The third-order valence-corrected chi connectivity index (χ3v) is 4.60. The second-order valence-corrected chi connectivity index (χ2v) is 7.61. The highest BCUT2D eigenvalue weighted by molar-refractivity contribution is 5.25. The predicted octanol–water partition coefficient (Wildman–Crippen LogP) is 4.14. The Balaban J connectivity index is 2.12. The topological polar surface area (TPSA) is 29.9 Å². The third kappa shape index (κ3) is 3.63. The van der Waals surface area contributed by atoms with Gasteiger partial charge in [-0.15, -0.1) is 0 Å². The summed E-state index contributed by atoms with van der Waals surface area (Å²) in [5.74, 6) is 0.894. The molecule has 0 unspecified atom stereocenters. The molecule has 0 bridgehead atoms. The van der Waals surface area contributed by atoms with E-state index >= 15 is 0 Å². The Morgan fingerprint density at radius 1 is 1.15 bits per heavy atom. The zero-order valence-electron chi connectivity index (χ0n) is 14.1. The standard InChI is InChI=1S/C17H31N3/c1-12-7-9-15(10-8-12)20-14(3)16(13(2)19-20)11-18-17(4,5)6/h12,15,18H,7-11H2,1-6H3. The summed E-state index contributed by atoms with van der Waals surface area (Å²) in [6.07, 6.45) is 5.27. The van der Waals surface area contributed by atoms with Crippen LogP contribution < -0.4 is 5.32 Å². The average Bonchev–Trinajstić information content (AvgIpc) is 2.63. The van der Waals surface area contributed by atoms with Crippen molar-refractivity contribution in [2.45, 2.75) is 85.4 Å². The van der Waals surface area contributed by atoms with E-state index in [0.717, 1.165) is 12.5 Å². The van der Waals surface area contributed by atoms with E-state index in [0.29, 0.717) is 6.04 Å². The smallest absolute Gasteiger partial charge is 0.0641 e. The van der Waals surface area contributed by atoms with E-state index in [1.54, 1.807) is 0 Å². The van der Waals surface area contributed by atoms with E-state index in [-0.39, 0.29) is 5.54 Å². The second kappa shape index (κ2) is 5.88. The molecule has 114 valence electrons. The van der Waals surface area contributed by atoms with Crippen LogP contribution in [0.2, 0.25) is 0 Å². The molecule has 0 aliphatic heterocycles. The van der Waals surface area contributed by atoms with Gasteiger partial charge in [0.2, 0.25) is 0 Å². The lowest BCUT2D eigenvalue weighted by Gasteiger charge is -2.27. The Kier molecular flexibility index (Phi) is 4.58. The van der Waals surface area contributed by atoms with Gasteiger partial charge in [0.25, 0.3) is 0 Å². The molecule has 2 rings (SSSR count). The van der Waals surface area contributed by atoms with Crippen LogP contribution in [0.25, 0.3) is 0 Å². The normalized spacial score (nSPS) is 24.1. The summed E-state index contributed by atoms with van der Waals surface area (Å²) in [5.41, 5.74) is 4.09. The number of nitrogens with one attached hydrogen (secondary N) is 1. The number of nitrogens with zero attached hydrogens (tertiary/aromatic N) is 2. The molecule has 1 aromatic heterocycles. The van der Waals surface area contributed by atoms with Gasteiger partial charge in [-0.3, -0.25) is 4.68 Å². The average molecular weight is 277 g/mol. The van der Waals surface area contributed by atoms with Gasteiger partial charge < -0.3 is 5.32 Å². The lowest BCUT2D eigenvalue weighted by Crippen LogP contribution is -2.35. The maximum Gasteiger partial charge on any atom is 0.0641 e. The Labute approximate surface area is 124 Å². The van der Waals surface area contributed by atoms with Crippen molar-refractivity contribution in [3.05, 3.63) is 17.0 Å². The molecule has 0 spiro atoms. The Hall–Kier alpha value is -0.830. The Morgan fingerprint density at radius 3 is 2.30 bits per heavy atom. The van der Waals surface area contributed by atoms with Gasteiger partial charge in [-0.1, -0.05) is 6.92 Å². The van der Waals surface area contributed by atoms with Gasteiger partial charge in [0.05, 0.1) is 11.7 Å². The van der Waals surface area contributed by atoms with E-state index in [4.69, 9.17) is 5.10 Å². The number of hydrogen-bond donors (Lipinski definition) is 1. The van der Waals surface area contributed by atoms with Gasteiger partial charge in [-0.25, -0.2) is 0 Å². The molecule has 0 radical (unpaired) electrons. The zero-order valence-corrected chi connectivity index (χ0v) is 14.1. The van der Waals surface area contributed by atoms with Gasteiger partial charge >= 0.3 is 0 Å². The van der Waals surface area contributed by atoms with Crippen LogP contribution in [0.15, 0.2) is 0 Å². The quantitative estimate of drug-likeness (QED) is 0.900. The molecule has 1 saturated carbocycles. The summed E-state index contributed by atoms with van der Waals surface area (Å²) < 4.78 is 2.31. The fourth-order valence-electron chi connectivity index (χ4n) is 3.15. The first-order valence-electron chi connectivity index (χ1n) is 8.07. The molecule has 1 fully saturated rings. The van der Waals surface area contributed by atoms with Crippen LogP contribution in [0.1, 0.15) is 76.4 Å². The molecule has 1 heterocycles. The van der Waals surface area contributed by atoms with E-state index in [2.05, 4.69) is 51.5 Å². The van der Waals surface area contributed by atoms with E-state index in [9.17, 15) is 0 Å². The third-order valence-electron chi connectivity index (χ3n) is 4.60. The summed E-state index contributed by atoms with van der Waals surface area (Å²) in [6.45, 7) is 14.3. The van der Waals surface area contributed by atoms with Crippen molar-refractivity contribution < 1.29 is 0 Å². The molecule has 3 heteroatoms. The summed E-state index contributed by atoms with van der Waals surface area (Å²) in [5, 5.41) is 8.43. The molecule has 0 aromatic carbocycles. The molecule has 1 N–H and O–H groups in total. The van der Waals surface area contributed by atoms with Crippen molar-refractivity contribution in [2.75, 3.05) is 0 Å². The van der Waals surface area contributed by atoms with E-state index in [1.165, 1.54) is 42.6 Å². The van der Waals surface area contributed by atoms with E-state index in [1.807, 2.05) is 0 Å². The van der Waals surface area contributed by atoms with E-state index < -0.39 is 0 Å². The molecule has 1 aliphatic rings. The van der Waals surface area contributed by atoms with Crippen molar-refractivity contribution in [3.63, 3.8) is 0 Å². The minimum Gasteiger partial charge on any atom is -0.308 e. The van der Waals surface area contributed by atoms with Gasteiger partial charge in [0, 0.05) is 23.3 Å². The van der Waals surface area contributed by atoms with Crippen LogP contribution in [0.5, 0.6) is 0 Å². The molecule has 3 nitrogen and oxygen atoms in total. The molecule has 1 aliphatic carbocycles. The number of aryl methyl sites for hydroxylation is 1. The molecule has 20 heavy (non-hydrogen) atoms. The molecular weight excluding hydrogens is 246 g/mol. The highest BCUT2D eigenvalue weighted by atomic mass is 15.3. The minimum absolute atomic E-state index is 0.154. The fraction of sp³-hybridized carbons (Fsp3) is 0.824. The first-order valence-corrected chi connectivity index (χ1v) is 8.07. The lowest BCUT2D eigenvalue weighted by molar-refractivity contribution is 0.270. The Morgan fingerprint density at radius 2 is 1.75 bits per heavy atom. The fourth-order valence-corrected chi connectivity index (χ4v) is 3.15. The maximum atomic E-state index is 4.84. The largest absolute Gasteiger partial charge is 0.308 e. The maximum absolute atomic E-state index is 4.84. The first-order chi connectivity index (χ1) is 9.28. The number of hydrogen-bond acceptors (Lipinski definition) is 2. The minimum atomic E-state index is 0.154. The summed E-state index contributed by atoms with van der Waals surface area (Å²) in [7, 11) is 0. The van der Waals surface area contributed by atoms with Crippen LogP contribution in [-0.4, -0.2) is 15.3 Å². The predicted molar refractivity (Wildman–Crippen MR) is 85.0 cm³/mol. The second-order valence-electron chi connectivity index (χ2n) is 7.61. The van der Waals surface area contributed by atoms with Crippen molar-refractivity contribution in [3.8, 4) is 0 Å². The molecule has 0 atom stereocenters. The van der Waals surface area contributed by atoms with Crippen molar-refractivity contribution in [2.24, 2.45) is 5.92 Å². The van der Waals surface area contributed by atoms with Crippen LogP contribution in [0.3, 0.4) is 0 Å². The molecule has 0 amide bonds. The van der Waals surface area contributed by atoms with Crippen LogP contribution in [0, 0.1) is 19.8 Å². The van der Waals surface area contributed by atoms with Crippen molar-refractivity contribution in [1.82, 2.24) is 15.1 Å². The molecule has 1 aromatic rings. The highest BCUT2D eigenvalue weighted by Crippen LogP contribution is 2.33. The lowest BCUT2D eigenvalue weighted by atomic mass is 9.87. The van der Waals surface area contributed by atoms with Crippen LogP contribution in [0.4, 0.5) is 0 Å². The first kappa shape index (κ1) is 15.6. The monoisotopic (exact) mass is 277 g/mol. The highest BCUT2D eigenvalue weighted by Gasteiger charge is 2.23. The van der Waals surface area contributed by atoms with Crippen molar-refractivity contribution >= 4 is 0 Å². The van der Waals surface area contributed by atoms with Gasteiger partial charge in [-0.2, -0.15) is 5.10 Å². The zero-order chi connectivity index (χ0) is 14.9. The molecule has 0 saturated heterocycles.